The molecule has 0 amide bonds. The molecule has 3 aromatic carbocycles. The van der Waals surface area contributed by atoms with Gasteiger partial charge in [0.1, 0.15) is 35.3 Å². The molecule has 0 saturated carbocycles. The number of aryl methyl sites for hydroxylation is 1. The van der Waals surface area contributed by atoms with E-state index in [4.69, 9.17) is 23.4 Å². The van der Waals surface area contributed by atoms with E-state index in [1.807, 2.05) is 18.2 Å². The summed E-state index contributed by atoms with van der Waals surface area (Å²) in [5.41, 5.74) is 2.56. The van der Waals surface area contributed by atoms with Crippen molar-refractivity contribution in [2.75, 3.05) is 27.5 Å². The summed E-state index contributed by atoms with van der Waals surface area (Å²) in [4.78, 5) is 27.2. The molecule has 37 heavy (non-hydrogen) atoms. The number of esters is 1. The summed E-state index contributed by atoms with van der Waals surface area (Å²) in [5, 5.41) is 0.417. The number of hydrogen-bond acceptors (Lipinski definition) is 8. The Morgan fingerprint density at radius 3 is 2.57 bits per heavy atom. The lowest BCUT2D eigenvalue weighted by Crippen LogP contribution is -2.34. The van der Waals surface area contributed by atoms with Gasteiger partial charge in [-0.05, 0) is 61.4 Å². The number of fused-ring (bicyclic) bond motifs is 3. The molecule has 0 unspecified atom stereocenters. The van der Waals surface area contributed by atoms with E-state index in [2.05, 4.69) is 11.0 Å². The van der Waals surface area contributed by atoms with Gasteiger partial charge in [-0.2, -0.15) is 0 Å². The van der Waals surface area contributed by atoms with Crippen LogP contribution < -0.4 is 19.6 Å². The average Bonchev–Trinajstić information content (AvgIpc) is 2.94. The number of para-hydroxylation sites is 1. The van der Waals surface area contributed by atoms with Crippen LogP contribution in [0.25, 0.3) is 11.0 Å². The predicted octanol–water partition coefficient (Wildman–Crippen LogP) is 5.08. The van der Waals surface area contributed by atoms with Gasteiger partial charge < -0.3 is 23.4 Å². The zero-order chi connectivity index (χ0) is 25.9. The van der Waals surface area contributed by atoms with Crippen LogP contribution >= 0.6 is 0 Å². The summed E-state index contributed by atoms with van der Waals surface area (Å²) in [6.45, 7) is 3.47. The van der Waals surface area contributed by atoms with Gasteiger partial charge in [0.2, 0.25) is 11.2 Å². The molecule has 1 aliphatic rings. The molecule has 0 atom stereocenters. The fourth-order valence-corrected chi connectivity index (χ4v) is 4.45. The van der Waals surface area contributed by atoms with Gasteiger partial charge in [0.05, 0.1) is 30.7 Å². The van der Waals surface area contributed by atoms with Crippen molar-refractivity contribution in [2.24, 2.45) is 0 Å². The van der Waals surface area contributed by atoms with E-state index in [0.29, 0.717) is 47.1 Å². The minimum absolute atomic E-state index is 0.100. The molecule has 0 fully saturated rings. The maximum atomic E-state index is 13.4. The van der Waals surface area contributed by atoms with Crippen LogP contribution in [0.3, 0.4) is 0 Å². The van der Waals surface area contributed by atoms with Crippen LogP contribution in [0.2, 0.25) is 0 Å². The van der Waals surface area contributed by atoms with E-state index in [1.54, 1.807) is 50.4 Å². The second-order valence-electron chi connectivity index (χ2n) is 8.74. The minimum Gasteiger partial charge on any atom is -0.496 e. The molecule has 0 bridgehead atoms. The maximum Gasteiger partial charge on any atom is 0.337 e. The third-order valence-corrected chi connectivity index (χ3v) is 6.41. The van der Waals surface area contributed by atoms with Gasteiger partial charge in [0.15, 0.2) is 0 Å². The van der Waals surface area contributed by atoms with Gasteiger partial charge in [-0.25, -0.2) is 4.79 Å². The first-order chi connectivity index (χ1) is 18.0. The number of rotatable bonds is 7. The van der Waals surface area contributed by atoms with E-state index in [9.17, 15) is 9.59 Å². The van der Waals surface area contributed by atoms with Gasteiger partial charge in [-0.3, -0.25) is 9.69 Å². The number of carbonyl (C=O) groups excluding carboxylic acids is 1. The summed E-state index contributed by atoms with van der Waals surface area (Å²) >= 11 is 0. The quantitative estimate of drug-likeness (QED) is 0.324. The molecular formula is C29H27NO7. The Hall–Kier alpha value is -4.30. The molecule has 0 saturated heterocycles. The second kappa shape index (κ2) is 10.4. The van der Waals surface area contributed by atoms with Crippen LogP contribution in [0.5, 0.6) is 23.0 Å². The van der Waals surface area contributed by atoms with Gasteiger partial charge in [-0.1, -0.05) is 18.2 Å². The first-order valence-corrected chi connectivity index (χ1v) is 11.9. The van der Waals surface area contributed by atoms with Crippen LogP contribution in [0.1, 0.15) is 27.2 Å². The number of nitrogens with zero attached hydrogens (tertiary/aromatic N) is 1. The van der Waals surface area contributed by atoms with E-state index < -0.39 is 5.97 Å². The second-order valence-corrected chi connectivity index (χ2v) is 8.74. The number of methoxy groups -OCH3 is 2. The Morgan fingerprint density at radius 1 is 1.03 bits per heavy atom. The number of ether oxygens (including phenoxy) is 4. The fourth-order valence-electron chi connectivity index (χ4n) is 4.45. The molecule has 8 nitrogen and oxygen atoms in total. The van der Waals surface area contributed by atoms with E-state index in [0.717, 1.165) is 29.8 Å². The highest BCUT2D eigenvalue weighted by atomic mass is 16.5. The fraction of sp³-hybridized carbons (Fsp3) is 0.241. The Bertz CT molecular complexity index is 1510. The Labute approximate surface area is 213 Å². The smallest absolute Gasteiger partial charge is 0.337 e. The van der Waals surface area contributed by atoms with Crippen molar-refractivity contribution in [3.05, 3.63) is 93.3 Å². The molecule has 1 aliphatic heterocycles. The molecule has 0 aliphatic carbocycles. The molecular weight excluding hydrogens is 474 g/mol. The zero-order valence-electron chi connectivity index (χ0n) is 20.9. The Morgan fingerprint density at radius 2 is 1.81 bits per heavy atom. The van der Waals surface area contributed by atoms with Crippen molar-refractivity contribution in [3.63, 3.8) is 0 Å². The van der Waals surface area contributed by atoms with Crippen LogP contribution in [0, 0.1) is 6.92 Å². The predicted molar refractivity (Wildman–Crippen MR) is 138 cm³/mol. The first kappa shape index (κ1) is 24.4. The molecule has 1 aromatic heterocycles. The molecule has 4 aromatic rings. The average molecular weight is 502 g/mol. The molecule has 0 spiro atoms. The lowest BCUT2D eigenvalue weighted by molar-refractivity contribution is 0.0600. The van der Waals surface area contributed by atoms with E-state index in [-0.39, 0.29) is 11.2 Å². The van der Waals surface area contributed by atoms with Crippen molar-refractivity contribution < 1.29 is 28.2 Å². The van der Waals surface area contributed by atoms with Gasteiger partial charge in [0, 0.05) is 13.1 Å². The molecule has 5 rings (SSSR count). The SMILES string of the molecule is COC(=O)c1ccc(Oc2c(C)oc3c4c(ccc3c2=O)OCN(CCc2ccccc2OC)C4)cc1. The highest BCUT2D eigenvalue weighted by molar-refractivity contribution is 5.89. The summed E-state index contributed by atoms with van der Waals surface area (Å²) in [6.07, 6.45) is 0.795. The van der Waals surface area contributed by atoms with Gasteiger partial charge in [-0.15, -0.1) is 0 Å². The van der Waals surface area contributed by atoms with Crippen molar-refractivity contribution in [1.29, 1.82) is 0 Å². The summed E-state index contributed by atoms with van der Waals surface area (Å²) in [6, 6.07) is 17.8. The Balaban J connectivity index is 1.40. The Kier molecular flexibility index (Phi) is 6.83. The van der Waals surface area contributed by atoms with Crippen LogP contribution in [0.15, 0.2) is 69.9 Å². The lowest BCUT2D eigenvalue weighted by Gasteiger charge is -2.29. The third kappa shape index (κ3) is 4.88. The molecule has 0 N–H and O–H groups in total. The summed E-state index contributed by atoms with van der Waals surface area (Å²) in [7, 11) is 2.99. The van der Waals surface area contributed by atoms with Crippen LogP contribution in [-0.4, -0.2) is 38.4 Å². The molecule has 0 radical (unpaired) electrons. The van der Waals surface area contributed by atoms with Crippen molar-refractivity contribution in [1.82, 2.24) is 4.90 Å². The highest BCUT2D eigenvalue weighted by Crippen LogP contribution is 2.34. The first-order valence-electron chi connectivity index (χ1n) is 11.9. The molecule has 2 heterocycles. The molecule has 190 valence electrons. The third-order valence-electron chi connectivity index (χ3n) is 6.41. The molecule has 8 heteroatoms. The number of carbonyl (C=O) groups is 1. The van der Waals surface area contributed by atoms with E-state index >= 15 is 0 Å². The van der Waals surface area contributed by atoms with Crippen molar-refractivity contribution >= 4 is 16.9 Å². The lowest BCUT2D eigenvalue weighted by atomic mass is 10.1. The van der Waals surface area contributed by atoms with Crippen molar-refractivity contribution in [2.45, 2.75) is 19.9 Å². The topological polar surface area (TPSA) is 87.4 Å². The standard InChI is InChI=1S/C29H27NO7/c1-18-27(37-21-10-8-20(9-11-21)29(32)34-3)26(31)22-12-13-25-23(28(22)36-18)16-30(17-35-25)15-14-19-6-4-5-7-24(19)33-2/h4-13H,14-17H2,1-3H3. The summed E-state index contributed by atoms with van der Waals surface area (Å²) in [5.74, 6) is 1.98. The summed E-state index contributed by atoms with van der Waals surface area (Å²) < 4.78 is 28.2. The largest absolute Gasteiger partial charge is 0.496 e. The normalized spacial score (nSPS) is 13.1. The number of hydrogen-bond donors (Lipinski definition) is 0. The van der Waals surface area contributed by atoms with E-state index in [1.165, 1.54) is 7.11 Å². The monoisotopic (exact) mass is 501 g/mol. The highest BCUT2D eigenvalue weighted by Gasteiger charge is 2.24. The maximum absolute atomic E-state index is 13.4. The van der Waals surface area contributed by atoms with Crippen molar-refractivity contribution in [3.8, 4) is 23.0 Å². The van der Waals surface area contributed by atoms with Gasteiger partial charge in [0.25, 0.3) is 0 Å². The van der Waals surface area contributed by atoms with Crippen LogP contribution in [-0.2, 0) is 17.7 Å². The zero-order valence-corrected chi connectivity index (χ0v) is 20.9. The van der Waals surface area contributed by atoms with Crippen LogP contribution in [0.4, 0.5) is 0 Å². The minimum atomic E-state index is -0.447. The van der Waals surface area contributed by atoms with Gasteiger partial charge >= 0.3 is 5.97 Å². The number of benzene rings is 3.